The van der Waals surface area contributed by atoms with E-state index < -0.39 is 5.97 Å². The summed E-state index contributed by atoms with van der Waals surface area (Å²) in [5.74, 6) is 0.925. The minimum Gasteiger partial charge on any atom is -0.465 e. The average Bonchev–Trinajstić information content (AvgIpc) is 2.94. The first-order valence-corrected chi connectivity index (χ1v) is 5.26. The van der Waals surface area contributed by atoms with Crippen LogP contribution >= 0.6 is 0 Å². The monoisotopic (exact) mass is 234 g/mol. The van der Waals surface area contributed by atoms with E-state index in [-0.39, 0.29) is 11.4 Å². The van der Waals surface area contributed by atoms with Crippen LogP contribution in [0.15, 0.2) is 23.1 Å². The van der Waals surface area contributed by atoms with Gasteiger partial charge in [-0.05, 0) is 0 Å². The molecule has 2 bridgehead atoms. The fourth-order valence-electron chi connectivity index (χ4n) is 2.30. The van der Waals surface area contributed by atoms with Crippen LogP contribution in [0.5, 0.6) is 5.75 Å². The molecule has 88 valence electrons. The van der Waals surface area contributed by atoms with Gasteiger partial charge in [0, 0.05) is 18.6 Å². The zero-order valence-corrected chi connectivity index (χ0v) is 9.02. The van der Waals surface area contributed by atoms with Crippen molar-refractivity contribution in [1.82, 2.24) is 0 Å². The van der Waals surface area contributed by atoms with Crippen molar-refractivity contribution in [2.45, 2.75) is 18.3 Å². The number of ether oxygens (including phenoxy) is 2. The van der Waals surface area contributed by atoms with Crippen LogP contribution in [0.2, 0.25) is 0 Å². The number of rotatable bonds is 2. The molecule has 0 aliphatic carbocycles. The second-order valence-electron chi connectivity index (χ2n) is 4.32. The van der Waals surface area contributed by atoms with E-state index in [0.717, 1.165) is 6.08 Å². The highest BCUT2D eigenvalue weighted by atomic mass is 16.6. The summed E-state index contributed by atoms with van der Waals surface area (Å²) < 4.78 is 15.5. The zero-order valence-electron chi connectivity index (χ0n) is 9.02. The lowest BCUT2D eigenvalue weighted by Crippen LogP contribution is -2.27. The van der Waals surface area contributed by atoms with Crippen molar-refractivity contribution in [1.29, 1.82) is 0 Å². The molecule has 2 aliphatic rings. The Hall–Kier alpha value is -2.04. The van der Waals surface area contributed by atoms with E-state index in [0.29, 0.717) is 36.7 Å². The first-order chi connectivity index (χ1) is 8.13. The van der Waals surface area contributed by atoms with Gasteiger partial charge in [0.05, 0.1) is 11.8 Å². The van der Waals surface area contributed by atoms with Crippen LogP contribution in [0.25, 0.3) is 0 Å². The van der Waals surface area contributed by atoms with Crippen LogP contribution < -0.4 is 4.74 Å². The molecule has 2 aliphatic heterocycles. The Morgan fingerprint density at radius 1 is 1.53 bits per heavy atom. The summed E-state index contributed by atoms with van der Waals surface area (Å²) in [4.78, 5) is 22.2. The highest BCUT2D eigenvalue weighted by Crippen LogP contribution is 2.48. The number of cyclic esters (lactones) is 1. The summed E-state index contributed by atoms with van der Waals surface area (Å²) in [6.45, 7) is 3.66. The maximum Gasteiger partial charge on any atom is 0.335 e. The van der Waals surface area contributed by atoms with E-state index in [1.807, 2.05) is 0 Å². The second-order valence-corrected chi connectivity index (χ2v) is 4.32. The quantitative estimate of drug-likeness (QED) is 0.566. The van der Waals surface area contributed by atoms with Crippen LogP contribution in [0.1, 0.15) is 17.9 Å². The predicted octanol–water partition coefficient (Wildman–Crippen LogP) is 1.11. The molecule has 0 saturated carbocycles. The van der Waals surface area contributed by atoms with E-state index in [1.54, 1.807) is 6.07 Å². The zero-order chi connectivity index (χ0) is 12.0. The number of esters is 2. The van der Waals surface area contributed by atoms with Crippen molar-refractivity contribution < 1.29 is 23.5 Å². The maximum atomic E-state index is 11.2. The number of hydrogen-bond acceptors (Lipinski definition) is 5. The molecular weight excluding hydrogens is 224 g/mol. The van der Waals surface area contributed by atoms with E-state index in [1.165, 1.54) is 0 Å². The van der Waals surface area contributed by atoms with Gasteiger partial charge in [-0.2, -0.15) is 0 Å². The van der Waals surface area contributed by atoms with Crippen LogP contribution in [-0.4, -0.2) is 18.5 Å². The van der Waals surface area contributed by atoms with Gasteiger partial charge < -0.3 is 13.9 Å². The third kappa shape index (κ3) is 1.39. The summed E-state index contributed by atoms with van der Waals surface area (Å²) in [7, 11) is 0. The minimum atomic E-state index is -0.520. The van der Waals surface area contributed by atoms with E-state index in [2.05, 4.69) is 6.58 Å². The molecule has 17 heavy (non-hydrogen) atoms. The molecule has 1 fully saturated rings. The van der Waals surface area contributed by atoms with Gasteiger partial charge in [-0.3, -0.25) is 4.79 Å². The lowest BCUT2D eigenvalue weighted by atomic mass is 9.79. The van der Waals surface area contributed by atoms with Crippen LogP contribution in [-0.2, 0) is 26.2 Å². The van der Waals surface area contributed by atoms with Gasteiger partial charge in [0.1, 0.15) is 18.1 Å². The van der Waals surface area contributed by atoms with E-state index >= 15 is 0 Å². The normalized spacial score (nSPS) is 25.1. The first kappa shape index (κ1) is 10.1. The molecule has 1 unspecified atom stereocenters. The number of furan rings is 1. The molecule has 0 radical (unpaired) electrons. The fraction of sp³-hybridized carbons (Fsp3) is 0.333. The number of carbonyl (C=O) groups is 2. The van der Waals surface area contributed by atoms with Gasteiger partial charge in [0.2, 0.25) is 0 Å². The van der Waals surface area contributed by atoms with Crippen LogP contribution in [0.4, 0.5) is 0 Å². The molecule has 0 N–H and O–H groups in total. The Labute approximate surface area is 97.0 Å². The molecule has 1 aromatic rings. The van der Waals surface area contributed by atoms with Gasteiger partial charge in [0.15, 0.2) is 5.75 Å². The lowest BCUT2D eigenvalue weighted by molar-refractivity contribution is -0.138. The topological polar surface area (TPSA) is 65.7 Å². The van der Waals surface area contributed by atoms with Crippen molar-refractivity contribution >= 4 is 11.9 Å². The van der Waals surface area contributed by atoms with Crippen LogP contribution in [0.3, 0.4) is 0 Å². The first-order valence-electron chi connectivity index (χ1n) is 5.26. The molecular formula is C12H10O5. The maximum absolute atomic E-state index is 11.2. The Balaban J connectivity index is 1.87. The third-order valence-electron chi connectivity index (χ3n) is 3.16. The molecule has 1 saturated heterocycles. The largest absolute Gasteiger partial charge is 0.465 e. The molecule has 1 spiro atoms. The SMILES string of the molecule is C=CC(=O)Oc1cc2oc1CC21COC(=O)C1. The van der Waals surface area contributed by atoms with Crippen molar-refractivity contribution in [2.24, 2.45) is 0 Å². The summed E-state index contributed by atoms with van der Waals surface area (Å²) in [5.41, 5.74) is -0.365. The number of carbonyl (C=O) groups excluding carboxylic acids is 2. The molecule has 5 nitrogen and oxygen atoms in total. The summed E-state index contributed by atoms with van der Waals surface area (Å²) in [6.07, 6.45) is 1.96. The Morgan fingerprint density at radius 3 is 2.88 bits per heavy atom. The lowest BCUT2D eigenvalue weighted by Gasteiger charge is -2.18. The molecule has 0 aromatic carbocycles. The van der Waals surface area contributed by atoms with Gasteiger partial charge in [-0.15, -0.1) is 0 Å². The molecule has 1 aromatic heterocycles. The van der Waals surface area contributed by atoms with Gasteiger partial charge in [-0.1, -0.05) is 6.58 Å². The molecule has 1 atom stereocenters. The smallest absolute Gasteiger partial charge is 0.335 e. The van der Waals surface area contributed by atoms with Crippen LogP contribution in [0, 0.1) is 0 Å². The minimum absolute atomic E-state index is 0.215. The number of hydrogen-bond donors (Lipinski definition) is 0. The molecule has 3 heterocycles. The summed E-state index contributed by atoms with van der Waals surface area (Å²) >= 11 is 0. The van der Waals surface area contributed by atoms with Crippen molar-refractivity contribution in [3.05, 3.63) is 30.2 Å². The van der Waals surface area contributed by atoms with Crippen molar-refractivity contribution in [3.63, 3.8) is 0 Å². The van der Waals surface area contributed by atoms with Crippen molar-refractivity contribution in [3.8, 4) is 5.75 Å². The second kappa shape index (κ2) is 3.23. The standard InChI is InChI=1S/C12H10O5/c1-2-10(13)17-7-3-9-12(4-8(7)16-9)5-11(14)15-6-12/h2-3H,1,4-6H2. The van der Waals surface area contributed by atoms with Gasteiger partial charge >= 0.3 is 11.9 Å². The van der Waals surface area contributed by atoms with Gasteiger partial charge in [0.25, 0.3) is 0 Å². The van der Waals surface area contributed by atoms with Crippen molar-refractivity contribution in [2.75, 3.05) is 6.61 Å². The molecule has 3 rings (SSSR count). The summed E-state index contributed by atoms with van der Waals surface area (Å²) in [5, 5.41) is 0. The van der Waals surface area contributed by atoms with E-state index in [4.69, 9.17) is 13.9 Å². The third-order valence-corrected chi connectivity index (χ3v) is 3.16. The Kier molecular flexibility index (Phi) is 1.92. The summed E-state index contributed by atoms with van der Waals surface area (Å²) in [6, 6.07) is 1.65. The number of fused-ring (bicyclic) bond motifs is 3. The average molecular weight is 234 g/mol. The molecule has 5 heteroatoms. The Morgan fingerprint density at radius 2 is 2.35 bits per heavy atom. The van der Waals surface area contributed by atoms with Gasteiger partial charge in [-0.25, -0.2) is 4.79 Å². The fourth-order valence-corrected chi connectivity index (χ4v) is 2.30. The van der Waals surface area contributed by atoms with E-state index in [9.17, 15) is 9.59 Å². The predicted molar refractivity (Wildman–Crippen MR) is 55.5 cm³/mol. The highest BCUT2D eigenvalue weighted by Gasteiger charge is 2.50. The molecule has 0 amide bonds. The Bertz CT molecular complexity index is 527. The highest BCUT2D eigenvalue weighted by molar-refractivity contribution is 5.83.